The van der Waals surface area contributed by atoms with Gasteiger partial charge in [-0.2, -0.15) is 0 Å². The molecule has 2 rings (SSSR count). The van der Waals surface area contributed by atoms with Crippen molar-refractivity contribution in [3.05, 3.63) is 23.8 Å². The lowest BCUT2D eigenvalue weighted by atomic mass is 10.0. The van der Waals surface area contributed by atoms with Crippen molar-refractivity contribution in [3.63, 3.8) is 0 Å². The van der Waals surface area contributed by atoms with Crippen molar-refractivity contribution in [2.75, 3.05) is 13.7 Å². The summed E-state index contributed by atoms with van der Waals surface area (Å²) in [5.74, 6) is 0.856. The summed E-state index contributed by atoms with van der Waals surface area (Å²) in [5.41, 5.74) is 1.74. The Labute approximate surface area is 81.8 Å². The lowest BCUT2D eigenvalue weighted by molar-refractivity contribution is 0.210. The quantitative estimate of drug-likeness (QED) is 0.688. The smallest absolute Gasteiger partial charge is 0.132 e. The van der Waals surface area contributed by atoms with Crippen molar-refractivity contribution < 1.29 is 14.7 Å². The molecule has 0 saturated carbocycles. The van der Waals surface area contributed by atoms with Gasteiger partial charge in [0.05, 0.1) is 12.3 Å². The third-order valence-corrected chi connectivity index (χ3v) is 2.07. The molecule has 4 heteroatoms. The zero-order chi connectivity index (χ0) is 9.97. The molecule has 1 aromatic rings. The fraction of sp³-hybridized carbons (Fsp3) is 0.300. The van der Waals surface area contributed by atoms with Gasteiger partial charge >= 0.3 is 0 Å². The molecule has 1 aliphatic rings. The van der Waals surface area contributed by atoms with Gasteiger partial charge in [-0.25, -0.2) is 0 Å². The van der Waals surface area contributed by atoms with E-state index in [4.69, 9.17) is 9.57 Å². The maximum atomic E-state index is 9.25. The van der Waals surface area contributed by atoms with E-state index in [0.717, 1.165) is 17.7 Å². The van der Waals surface area contributed by atoms with Gasteiger partial charge in [-0.3, -0.25) is 0 Å². The van der Waals surface area contributed by atoms with E-state index in [1.54, 1.807) is 18.2 Å². The van der Waals surface area contributed by atoms with E-state index < -0.39 is 0 Å². The average molecular weight is 193 g/mol. The van der Waals surface area contributed by atoms with Gasteiger partial charge in [-0.05, 0) is 12.1 Å². The van der Waals surface area contributed by atoms with Crippen molar-refractivity contribution in [3.8, 4) is 11.5 Å². The molecule has 0 atom stereocenters. The van der Waals surface area contributed by atoms with Crippen molar-refractivity contribution >= 4 is 5.71 Å². The van der Waals surface area contributed by atoms with Crippen LogP contribution in [0.5, 0.6) is 11.5 Å². The average Bonchev–Trinajstić information content (AvgIpc) is 2.18. The fourth-order valence-electron chi connectivity index (χ4n) is 1.47. The van der Waals surface area contributed by atoms with Gasteiger partial charge in [0, 0.05) is 18.1 Å². The molecule has 0 aromatic heterocycles. The highest BCUT2D eigenvalue weighted by molar-refractivity contribution is 6.03. The van der Waals surface area contributed by atoms with Crippen molar-refractivity contribution in [1.82, 2.24) is 0 Å². The fourth-order valence-corrected chi connectivity index (χ4v) is 1.47. The Kier molecular flexibility index (Phi) is 2.26. The molecule has 0 bridgehead atoms. The first-order chi connectivity index (χ1) is 6.81. The van der Waals surface area contributed by atoms with Crippen LogP contribution in [-0.2, 0) is 4.84 Å². The number of phenolic OH excluding ortho intramolecular Hbond substituents is 1. The summed E-state index contributed by atoms with van der Waals surface area (Å²) >= 11 is 0. The topological polar surface area (TPSA) is 51.0 Å². The first-order valence-electron chi connectivity index (χ1n) is 4.37. The Bertz CT molecular complexity index is 374. The monoisotopic (exact) mass is 193 g/mol. The van der Waals surface area contributed by atoms with Gasteiger partial charge < -0.3 is 14.7 Å². The van der Waals surface area contributed by atoms with Crippen LogP contribution in [0.3, 0.4) is 0 Å². The van der Waals surface area contributed by atoms with Crippen LogP contribution in [0.4, 0.5) is 0 Å². The zero-order valence-corrected chi connectivity index (χ0v) is 7.86. The minimum Gasteiger partial charge on any atom is -0.508 e. The second-order valence-corrected chi connectivity index (χ2v) is 3.00. The Balaban J connectivity index is 2.45. The minimum absolute atomic E-state index is 0.197. The summed E-state index contributed by atoms with van der Waals surface area (Å²) in [6.45, 7) is 0.568. The molecule has 0 radical (unpaired) electrons. The van der Waals surface area contributed by atoms with Crippen LogP contribution >= 0.6 is 0 Å². The number of oxime groups is 1. The second kappa shape index (κ2) is 3.57. The highest BCUT2D eigenvalue weighted by Gasteiger charge is 2.17. The van der Waals surface area contributed by atoms with E-state index in [9.17, 15) is 5.11 Å². The molecule has 0 fully saturated rings. The summed E-state index contributed by atoms with van der Waals surface area (Å²) < 4.78 is 5.38. The van der Waals surface area contributed by atoms with Crippen LogP contribution < -0.4 is 4.74 Å². The maximum Gasteiger partial charge on any atom is 0.132 e. The van der Waals surface area contributed by atoms with E-state index in [1.807, 2.05) is 0 Å². The molecule has 0 spiro atoms. The van der Waals surface area contributed by atoms with Gasteiger partial charge in [0.15, 0.2) is 0 Å². The summed E-state index contributed by atoms with van der Waals surface area (Å²) in [6, 6.07) is 4.97. The van der Waals surface area contributed by atoms with Crippen molar-refractivity contribution in [2.45, 2.75) is 6.42 Å². The lowest BCUT2D eigenvalue weighted by Gasteiger charge is -2.18. The third kappa shape index (κ3) is 1.51. The van der Waals surface area contributed by atoms with Crippen LogP contribution in [0.2, 0.25) is 0 Å². The highest BCUT2D eigenvalue weighted by atomic mass is 16.6. The number of ether oxygens (including phenoxy) is 1. The van der Waals surface area contributed by atoms with E-state index >= 15 is 0 Å². The lowest BCUT2D eigenvalue weighted by Crippen LogP contribution is -2.16. The third-order valence-electron chi connectivity index (χ3n) is 2.07. The molecule has 4 nitrogen and oxygen atoms in total. The first kappa shape index (κ1) is 8.87. The van der Waals surface area contributed by atoms with Gasteiger partial charge in [-0.15, -0.1) is 0 Å². The minimum atomic E-state index is 0.197. The molecule has 74 valence electrons. The molecule has 1 aliphatic heterocycles. The van der Waals surface area contributed by atoms with Crippen LogP contribution in [0.1, 0.15) is 12.0 Å². The molecular weight excluding hydrogens is 182 g/mol. The van der Waals surface area contributed by atoms with E-state index in [-0.39, 0.29) is 5.75 Å². The molecule has 1 N–H and O–H groups in total. The van der Waals surface area contributed by atoms with Crippen LogP contribution in [-0.4, -0.2) is 24.5 Å². The number of benzene rings is 1. The predicted molar refractivity (Wildman–Crippen MR) is 51.8 cm³/mol. The molecular formula is C10H11NO3. The number of rotatable bonds is 1. The number of hydrogen-bond acceptors (Lipinski definition) is 4. The summed E-state index contributed by atoms with van der Waals surface area (Å²) in [5, 5.41) is 13.2. The Morgan fingerprint density at radius 3 is 3.14 bits per heavy atom. The first-order valence-corrected chi connectivity index (χ1v) is 4.37. The molecule has 0 aliphatic carbocycles. The number of hydrogen-bond donors (Lipinski definition) is 1. The standard InChI is InChI=1S/C10H11NO3/c1-13-11-9-4-5-14-10-6-7(12)2-3-8(9)10/h2-3,6,12H,4-5H2,1H3/b11-9+. The molecule has 14 heavy (non-hydrogen) atoms. The number of phenols is 1. The van der Waals surface area contributed by atoms with Gasteiger partial charge in [0.25, 0.3) is 0 Å². The van der Waals surface area contributed by atoms with Gasteiger partial charge in [-0.1, -0.05) is 5.16 Å². The summed E-state index contributed by atoms with van der Waals surface area (Å²) in [4.78, 5) is 4.74. The van der Waals surface area contributed by atoms with E-state index in [0.29, 0.717) is 12.4 Å². The number of fused-ring (bicyclic) bond motifs is 1. The van der Waals surface area contributed by atoms with Gasteiger partial charge in [0.1, 0.15) is 18.6 Å². The second-order valence-electron chi connectivity index (χ2n) is 3.00. The summed E-state index contributed by atoms with van der Waals surface area (Å²) in [6.07, 6.45) is 0.728. The van der Waals surface area contributed by atoms with Crippen molar-refractivity contribution in [1.29, 1.82) is 0 Å². The largest absolute Gasteiger partial charge is 0.508 e. The van der Waals surface area contributed by atoms with Crippen LogP contribution in [0.25, 0.3) is 0 Å². The maximum absolute atomic E-state index is 9.25. The SMILES string of the molecule is CO/N=C1\CCOc2cc(O)ccc21. The normalized spacial score (nSPS) is 17.4. The van der Waals surface area contributed by atoms with E-state index in [1.165, 1.54) is 7.11 Å². The molecule has 1 heterocycles. The highest BCUT2D eigenvalue weighted by Crippen LogP contribution is 2.28. The Morgan fingerprint density at radius 1 is 1.50 bits per heavy atom. The molecule has 0 saturated heterocycles. The number of nitrogens with zero attached hydrogens (tertiary/aromatic N) is 1. The predicted octanol–water partition coefficient (Wildman–Crippen LogP) is 1.53. The Hall–Kier alpha value is -1.71. The Morgan fingerprint density at radius 2 is 2.36 bits per heavy atom. The molecule has 0 amide bonds. The zero-order valence-electron chi connectivity index (χ0n) is 7.86. The van der Waals surface area contributed by atoms with Crippen molar-refractivity contribution in [2.24, 2.45) is 5.16 Å². The summed E-state index contributed by atoms with van der Waals surface area (Å²) in [7, 11) is 1.52. The van der Waals surface area contributed by atoms with E-state index in [2.05, 4.69) is 5.16 Å². The van der Waals surface area contributed by atoms with Gasteiger partial charge in [0.2, 0.25) is 0 Å². The number of aromatic hydroxyl groups is 1. The molecule has 0 unspecified atom stereocenters. The van der Waals surface area contributed by atoms with Crippen LogP contribution in [0.15, 0.2) is 23.4 Å². The molecule has 1 aromatic carbocycles. The van der Waals surface area contributed by atoms with Crippen LogP contribution in [0, 0.1) is 0 Å².